The molecule has 0 N–H and O–H groups in total. The lowest BCUT2D eigenvalue weighted by atomic mass is 9.90. The van der Waals surface area contributed by atoms with Gasteiger partial charge in [-0.15, -0.1) is 0 Å². The molecule has 0 spiro atoms. The average molecular weight is 312 g/mol. The van der Waals surface area contributed by atoms with Gasteiger partial charge in [0.05, 0.1) is 0 Å². The smallest absolute Gasteiger partial charge is 0.163 e. The van der Waals surface area contributed by atoms with Crippen molar-refractivity contribution in [1.82, 2.24) is 0 Å². The third-order valence-electron chi connectivity index (χ3n) is 4.05. The van der Waals surface area contributed by atoms with Crippen molar-refractivity contribution in [3.05, 3.63) is 114 Å². The van der Waals surface area contributed by atoms with E-state index in [2.05, 4.69) is 36.4 Å². The van der Waals surface area contributed by atoms with Crippen molar-refractivity contribution in [2.24, 2.45) is 0 Å². The summed E-state index contributed by atoms with van der Waals surface area (Å²) in [5, 5.41) is 0. The average Bonchev–Trinajstić information content (AvgIpc) is 2.67. The lowest BCUT2D eigenvalue weighted by Gasteiger charge is -2.13. The molecular weight excluding hydrogens is 292 g/mol. The number of hydrogen-bond acceptors (Lipinski definition) is 1. The zero-order chi connectivity index (χ0) is 16.6. The van der Waals surface area contributed by atoms with Crippen LogP contribution in [0, 0.1) is 0 Å². The van der Waals surface area contributed by atoms with E-state index < -0.39 is 0 Å². The minimum atomic E-state index is 0.0686. The number of carbonyl (C=O) groups is 1. The molecule has 0 saturated heterocycles. The van der Waals surface area contributed by atoms with Crippen LogP contribution in [-0.2, 0) is 0 Å². The molecule has 0 aliphatic rings. The number of hydrogen-bond donors (Lipinski definition) is 0. The molecule has 118 valence electrons. The zero-order valence-corrected chi connectivity index (χ0v) is 13.5. The van der Waals surface area contributed by atoms with E-state index in [1.54, 1.807) is 0 Å². The van der Waals surface area contributed by atoms with E-state index in [4.69, 9.17) is 0 Å². The number of rotatable bonds is 6. The molecule has 0 heterocycles. The van der Waals surface area contributed by atoms with Crippen LogP contribution in [0.5, 0.6) is 0 Å². The largest absolute Gasteiger partial charge is 0.294 e. The molecule has 0 fully saturated rings. The highest BCUT2D eigenvalue weighted by Crippen LogP contribution is 2.24. The van der Waals surface area contributed by atoms with E-state index >= 15 is 0 Å². The maximum Gasteiger partial charge on any atom is 0.163 e. The zero-order valence-electron chi connectivity index (χ0n) is 13.5. The summed E-state index contributed by atoms with van der Waals surface area (Å²) < 4.78 is 0. The summed E-state index contributed by atoms with van der Waals surface area (Å²) in [7, 11) is 0. The molecule has 3 aromatic carbocycles. The van der Waals surface area contributed by atoms with Crippen LogP contribution < -0.4 is 0 Å². The Labute approximate surface area is 143 Å². The topological polar surface area (TPSA) is 17.1 Å². The van der Waals surface area contributed by atoms with Gasteiger partial charge in [-0.2, -0.15) is 0 Å². The Kier molecular flexibility index (Phi) is 5.36. The Bertz CT molecular complexity index is 789. The van der Waals surface area contributed by atoms with Gasteiger partial charge in [-0.3, -0.25) is 4.79 Å². The van der Waals surface area contributed by atoms with Crippen LogP contribution in [0.3, 0.4) is 0 Å². The minimum absolute atomic E-state index is 0.0686. The van der Waals surface area contributed by atoms with Gasteiger partial charge < -0.3 is 0 Å². The van der Waals surface area contributed by atoms with Gasteiger partial charge in [0, 0.05) is 17.9 Å². The standard InChI is InChI=1S/C23H20O/c24-23(21-14-8-3-9-15-21)18-22(20-12-6-2-7-13-20)17-16-19-10-4-1-5-11-19/h1-17,22H,18H2/b17-16+/t22-/m0/s1. The van der Waals surface area contributed by atoms with E-state index in [1.165, 1.54) is 0 Å². The maximum absolute atomic E-state index is 12.6. The highest BCUT2D eigenvalue weighted by atomic mass is 16.1. The van der Waals surface area contributed by atoms with Gasteiger partial charge in [-0.05, 0) is 11.1 Å². The third-order valence-corrected chi connectivity index (χ3v) is 4.05. The number of carbonyl (C=O) groups excluding carboxylic acids is 1. The fraction of sp³-hybridized carbons (Fsp3) is 0.0870. The highest BCUT2D eigenvalue weighted by molar-refractivity contribution is 5.96. The van der Waals surface area contributed by atoms with Gasteiger partial charge >= 0.3 is 0 Å². The summed E-state index contributed by atoms with van der Waals surface area (Å²) in [5.41, 5.74) is 3.08. The number of benzene rings is 3. The van der Waals surface area contributed by atoms with Crippen molar-refractivity contribution in [1.29, 1.82) is 0 Å². The van der Waals surface area contributed by atoms with Gasteiger partial charge in [0.25, 0.3) is 0 Å². The molecule has 1 heteroatoms. The van der Waals surface area contributed by atoms with Crippen LogP contribution in [0.25, 0.3) is 6.08 Å². The molecule has 0 aliphatic heterocycles. The second-order valence-electron chi connectivity index (χ2n) is 5.78. The van der Waals surface area contributed by atoms with Gasteiger partial charge in [0.15, 0.2) is 5.78 Å². The fourth-order valence-corrected chi connectivity index (χ4v) is 2.73. The Morgan fingerprint density at radius 2 is 1.29 bits per heavy atom. The molecule has 3 rings (SSSR count). The summed E-state index contributed by atoms with van der Waals surface area (Å²) in [5.74, 6) is 0.237. The lowest BCUT2D eigenvalue weighted by molar-refractivity contribution is 0.0978. The van der Waals surface area contributed by atoms with Crippen molar-refractivity contribution in [2.45, 2.75) is 12.3 Å². The predicted molar refractivity (Wildman–Crippen MR) is 100 cm³/mol. The molecule has 0 amide bonds. The fourth-order valence-electron chi connectivity index (χ4n) is 2.73. The first-order chi connectivity index (χ1) is 11.8. The molecule has 24 heavy (non-hydrogen) atoms. The van der Waals surface area contributed by atoms with E-state index in [9.17, 15) is 4.79 Å². The van der Waals surface area contributed by atoms with Crippen molar-refractivity contribution in [3.8, 4) is 0 Å². The van der Waals surface area contributed by atoms with Crippen LogP contribution in [0.1, 0.15) is 33.8 Å². The number of ketones is 1. The lowest BCUT2D eigenvalue weighted by Crippen LogP contribution is -2.06. The molecule has 1 nitrogen and oxygen atoms in total. The summed E-state index contributed by atoms with van der Waals surface area (Å²) in [6.45, 7) is 0. The van der Waals surface area contributed by atoms with Crippen LogP contribution in [0.4, 0.5) is 0 Å². The maximum atomic E-state index is 12.6. The van der Waals surface area contributed by atoms with Crippen LogP contribution in [0.15, 0.2) is 97.1 Å². The number of allylic oxidation sites excluding steroid dienone is 1. The van der Waals surface area contributed by atoms with Crippen molar-refractivity contribution in [3.63, 3.8) is 0 Å². The van der Waals surface area contributed by atoms with Gasteiger partial charge in [0.1, 0.15) is 0 Å². The minimum Gasteiger partial charge on any atom is -0.294 e. The Morgan fingerprint density at radius 3 is 1.92 bits per heavy atom. The molecule has 0 aromatic heterocycles. The molecule has 0 unspecified atom stereocenters. The first-order valence-corrected chi connectivity index (χ1v) is 8.19. The first kappa shape index (κ1) is 15.9. The quantitative estimate of drug-likeness (QED) is 0.529. The molecule has 1 atom stereocenters. The van der Waals surface area contributed by atoms with Crippen LogP contribution in [0.2, 0.25) is 0 Å². The Morgan fingerprint density at radius 1 is 0.750 bits per heavy atom. The van der Waals surface area contributed by atoms with Gasteiger partial charge in [-0.1, -0.05) is 103 Å². The van der Waals surface area contributed by atoms with E-state index in [0.29, 0.717) is 6.42 Å². The second-order valence-corrected chi connectivity index (χ2v) is 5.78. The first-order valence-electron chi connectivity index (χ1n) is 8.19. The molecule has 0 radical (unpaired) electrons. The summed E-state index contributed by atoms with van der Waals surface area (Å²) in [6.07, 6.45) is 4.69. The van der Waals surface area contributed by atoms with Crippen LogP contribution >= 0.6 is 0 Å². The summed E-state index contributed by atoms with van der Waals surface area (Å²) in [4.78, 5) is 12.6. The van der Waals surface area contributed by atoms with E-state index in [0.717, 1.165) is 16.7 Å². The molecule has 0 bridgehead atoms. The summed E-state index contributed by atoms with van der Waals surface area (Å²) >= 11 is 0. The third kappa shape index (κ3) is 4.30. The van der Waals surface area contributed by atoms with Crippen molar-refractivity contribution >= 4 is 11.9 Å². The molecule has 0 aliphatic carbocycles. The Balaban J connectivity index is 1.83. The van der Waals surface area contributed by atoms with Crippen LogP contribution in [-0.4, -0.2) is 5.78 Å². The number of Topliss-reactive ketones (excluding diaryl/α,β-unsaturated/α-hetero) is 1. The van der Waals surface area contributed by atoms with E-state index in [-0.39, 0.29) is 11.7 Å². The van der Waals surface area contributed by atoms with Crippen molar-refractivity contribution < 1.29 is 4.79 Å². The highest BCUT2D eigenvalue weighted by Gasteiger charge is 2.14. The van der Waals surface area contributed by atoms with Gasteiger partial charge in [0.2, 0.25) is 0 Å². The van der Waals surface area contributed by atoms with Gasteiger partial charge in [-0.25, -0.2) is 0 Å². The molecule has 3 aromatic rings. The predicted octanol–water partition coefficient (Wildman–Crippen LogP) is 5.76. The monoisotopic (exact) mass is 312 g/mol. The molecule has 0 saturated carbocycles. The summed E-state index contributed by atoms with van der Waals surface area (Å²) in [6, 6.07) is 29.9. The molecular formula is C23H20O. The van der Waals surface area contributed by atoms with E-state index in [1.807, 2.05) is 66.7 Å². The Hall–Kier alpha value is -2.93. The normalized spacial score (nSPS) is 12.2. The SMILES string of the molecule is O=C(C[C@H](/C=C/c1ccccc1)c1ccccc1)c1ccccc1. The van der Waals surface area contributed by atoms with Crippen molar-refractivity contribution in [2.75, 3.05) is 0 Å². The second kappa shape index (κ2) is 8.07.